The number of aromatic nitrogens is 2. The number of ketones is 1. The summed E-state index contributed by atoms with van der Waals surface area (Å²) in [6, 6.07) is 12.2. The Kier molecular flexibility index (Phi) is 6.44. The Morgan fingerprint density at radius 3 is 2.50 bits per heavy atom. The molecule has 0 bridgehead atoms. The number of thiophene rings is 1. The van der Waals surface area contributed by atoms with Gasteiger partial charge in [-0.1, -0.05) is 44.2 Å². The van der Waals surface area contributed by atoms with Gasteiger partial charge in [0.25, 0.3) is 5.89 Å². The van der Waals surface area contributed by atoms with Crippen molar-refractivity contribution in [1.29, 1.82) is 0 Å². The van der Waals surface area contributed by atoms with Crippen LogP contribution in [-0.4, -0.2) is 34.0 Å². The average molecular weight is 424 g/mol. The van der Waals surface area contributed by atoms with Crippen molar-refractivity contribution in [1.82, 2.24) is 15.1 Å². The zero-order chi connectivity index (χ0) is 21.1. The molecule has 4 rings (SSSR count). The molecule has 5 nitrogen and oxygen atoms in total. The lowest BCUT2D eigenvalue weighted by molar-refractivity contribution is 0.0782. The van der Waals surface area contributed by atoms with Crippen molar-refractivity contribution in [2.45, 2.75) is 46.1 Å². The minimum atomic E-state index is 0.0533. The van der Waals surface area contributed by atoms with Crippen LogP contribution in [0.15, 0.2) is 46.2 Å². The van der Waals surface area contributed by atoms with Gasteiger partial charge in [-0.05, 0) is 62.2 Å². The Hall–Kier alpha value is -2.31. The Bertz CT molecular complexity index is 955. The molecule has 6 heteroatoms. The molecule has 1 aliphatic rings. The van der Waals surface area contributed by atoms with E-state index in [4.69, 9.17) is 4.42 Å². The first-order chi connectivity index (χ1) is 14.5. The largest absolute Gasteiger partial charge is 0.418 e. The van der Waals surface area contributed by atoms with Crippen molar-refractivity contribution < 1.29 is 9.21 Å². The highest BCUT2D eigenvalue weighted by Crippen LogP contribution is 2.30. The molecule has 3 heterocycles. The predicted octanol–water partition coefficient (Wildman–Crippen LogP) is 5.65. The SMILES string of the molecule is CC(C)Cc1ccc(C(=O)C2CCN(C(C)c3nnc(-c4cccs4)o3)CC2)cc1. The van der Waals surface area contributed by atoms with Crippen molar-refractivity contribution in [3.63, 3.8) is 0 Å². The average Bonchev–Trinajstić information content (AvgIpc) is 3.45. The molecule has 1 saturated heterocycles. The van der Waals surface area contributed by atoms with Crippen molar-refractivity contribution >= 4 is 17.1 Å². The van der Waals surface area contributed by atoms with E-state index in [2.05, 4.69) is 48.0 Å². The molecule has 2 aromatic heterocycles. The van der Waals surface area contributed by atoms with Crippen LogP contribution in [-0.2, 0) is 6.42 Å². The van der Waals surface area contributed by atoms with Crippen LogP contribution in [0.25, 0.3) is 10.8 Å². The molecule has 158 valence electrons. The van der Waals surface area contributed by atoms with E-state index in [1.807, 2.05) is 29.6 Å². The van der Waals surface area contributed by atoms with Crippen molar-refractivity contribution in [3.8, 4) is 10.8 Å². The summed E-state index contributed by atoms with van der Waals surface area (Å²) in [6.45, 7) is 8.25. The van der Waals surface area contributed by atoms with Crippen LogP contribution < -0.4 is 0 Å². The molecule has 1 aliphatic heterocycles. The van der Waals surface area contributed by atoms with E-state index in [1.165, 1.54) is 5.56 Å². The molecule has 0 N–H and O–H groups in total. The fourth-order valence-electron chi connectivity index (χ4n) is 4.12. The molecule has 1 unspecified atom stereocenters. The monoisotopic (exact) mass is 423 g/mol. The lowest BCUT2D eigenvalue weighted by atomic mass is 9.88. The molecule has 0 amide bonds. The summed E-state index contributed by atoms with van der Waals surface area (Å²) in [7, 11) is 0. The van der Waals surface area contributed by atoms with Crippen molar-refractivity contribution in [3.05, 3.63) is 58.8 Å². The van der Waals surface area contributed by atoms with E-state index in [0.29, 0.717) is 17.7 Å². The third kappa shape index (κ3) is 4.71. The normalized spacial score (nSPS) is 16.8. The van der Waals surface area contributed by atoms with Gasteiger partial charge in [0.2, 0.25) is 5.89 Å². The summed E-state index contributed by atoms with van der Waals surface area (Å²) in [5, 5.41) is 10.5. The molecular weight excluding hydrogens is 394 g/mol. The minimum absolute atomic E-state index is 0.0533. The molecular formula is C24H29N3O2S. The van der Waals surface area contributed by atoms with Gasteiger partial charge in [0.15, 0.2) is 5.78 Å². The highest BCUT2D eigenvalue weighted by atomic mass is 32.1. The van der Waals surface area contributed by atoms with E-state index >= 15 is 0 Å². The van der Waals surface area contributed by atoms with Gasteiger partial charge in [-0.15, -0.1) is 21.5 Å². The van der Waals surface area contributed by atoms with E-state index in [0.717, 1.165) is 42.8 Å². The number of benzene rings is 1. The minimum Gasteiger partial charge on any atom is -0.418 e. The maximum absolute atomic E-state index is 13.0. The highest BCUT2D eigenvalue weighted by Gasteiger charge is 2.30. The first-order valence-electron chi connectivity index (χ1n) is 10.8. The Morgan fingerprint density at radius 1 is 1.13 bits per heavy atom. The maximum atomic E-state index is 13.0. The third-order valence-corrected chi connectivity index (χ3v) is 6.72. The smallest absolute Gasteiger partial charge is 0.257 e. The standard InChI is InChI=1S/C24H29N3O2S/c1-16(2)15-18-6-8-19(9-7-18)22(28)20-10-12-27(13-11-20)17(3)23-25-26-24(29-23)21-5-4-14-30-21/h4-9,14,16-17,20H,10-13,15H2,1-3H3. The first-order valence-corrected chi connectivity index (χ1v) is 11.6. The summed E-state index contributed by atoms with van der Waals surface area (Å²) in [6.07, 6.45) is 2.78. The van der Waals surface area contributed by atoms with Gasteiger partial charge in [-0.3, -0.25) is 9.69 Å². The number of rotatable bonds is 7. The van der Waals surface area contributed by atoms with Crippen LogP contribution in [0.4, 0.5) is 0 Å². The van der Waals surface area contributed by atoms with Crippen molar-refractivity contribution in [2.75, 3.05) is 13.1 Å². The Morgan fingerprint density at radius 2 is 1.87 bits per heavy atom. The number of nitrogens with zero attached hydrogens (tertiary/aromatic N) is 3. The summed E-state index contributed by atoms with van der Waals surface area (Å²) in [5.74, 6) is 2.21. The molecule has 1 atom stereocenters. The number of piperidine rings is 1. The van der Waals surface area contributed by atoms with Gasteiger partial charge < -0.3 is 4.42 Å². The zero-order valence-corrected chi connectivity index (χ0v) is 18.7. The van der Waals surface area contributed by atoms with Gasteiger partial charge in [0.1, 0.15) is 0 Å². The lowest BCUT2D eigenvalue weighted by Gasteiger charge is -2.34. The van der Waals surface area contributed by atoms with Gasteiger partial charge in [0, 0.05) is 11.5 Å². The number of carbonyl (C=O) groups is 1. The molecule has 30 heavy (non-hydrogen) atoms. The fourth-order valence-corrected chi connectivity index (χ4v) is 4.76. The van der Waals surface area contributed by atoms with Crippen LogP contribution in [0, 0.1) is 11.8 Å². The number of Topliss-reactive ketones (excluding diaryl/α,β-unsaturated/α-hetero) is 1. The maximum Gasteiger partial charge on any atom is 0.257 e. The number of carbonyl (C=O) groups excluding carboxylic acids is 1. The molecule has 1 aromatic carbocycles. The number of hydrogen-bond acceptors (Lipinski definition) is 6. The van der Waals surface area contributed by atoms with Gasteiger partial charge in [-0.2, -0.15) is 0 Å². The first kappa shape index (κ1) is 20.9. The Balaban J connectivity index is 1.33. The van der Waals surface area contributed by atoms with Gasteiger partial charge in [-0.25, -0.2) is 0 Å². The van der Waals surface area contributed by atoms with Crippen LogP contribution in [0.5, 0.6) is 0 Å². The molecule has 0 radical (unpaired) electrons. The second-order valence-electron chi connectivity index (χ2n) is 8.57. The van der Waals surface area contributed by atoms with Crippen LogP contribution >= 0.6 is 11.3 Å². The molecule has 0 saturated carbocycles. The van der Waals surface area contributed by atoms with Crippen LogP contribution in [0.1, 0.15) is 61.5 Å². The zero-order valence-electron chi connectivity index (χ0n) is 17.9. The van der Waals surface area contributed by atoms with Crippen LogP contribution in [0.2, 0.25) is 0 Å². The highest BCUT2D eigenvalue weighted by molar-refractivity contribution is 7.13. The summed E-state index contributed by atoms with van der Waals surface area (Å²) in [4.78, 5) is 16.3. The molecule has 0 aliphatic carbocycles. The number of likely N-dealkylation sites (tertiary alicyclic amines) is 1. The predicted molar refractivity (Wildman–Crippen MR) is 120 cm³/mol. The van der Waals surface area contributed by atoms with Crippen LogP contribution in [0.3, 0.4) is 0 Å². The van der Waals surface area contributed by atoms with E-state index in [9.17, 15) is 4.79 Å². The van der Waals surface area contributed by atoms with E-state index < -0.39 is 0 Å². The second kappa shape index (κ2) is 9.23. The third-order valence-electron chi connectivity index (χ3n) is 5.86. The number of hydrogen-bond donors (Lipinski definition) is 0. The Labute approximate surface area is 182 Å². The second-order valence-corrected chi connectivity index (χ2v) is 9.52. The molecule has 0 spiro atoms. The quantitative estimate of drug-likeness (QED) is 0.459. The van der Waals surface area contributed by atoms with E-state index in [1.54, 1.807) is 11.3 Å². The molecule has 1 fully saturated rings. The topological polar surface area (TPSA) is 59.2 Å². The fraction of sp³-hybridized carbons (Fsp3) is 0.458. The van der Waals surface area contributed by atoms with E-state index in [-0.39, 0.29) is 17.7 Å². The molecule has 3 aromatic rings. The summed E-state index contributed by atoms with van der Waals surface area (Å²) >= 11 is 1.59. The summed E-state index contributed by atoms with van der Waals surface area (Å²) in [5.41, 5.74) is 2.14. The lowest BCUT2D eigenvalue weighted by Crippen LogP contribution is -2.38. The van der Waals surface area contributed by atoms with Crippen molar-refractivity contribution in [2.24, 2.45) is 11.8 Å². The van der Waals surface area contributed by atoms with Gasteiger partial charge in [0.05, 0.1) is 10.9 Å². The van der Waals surface area contributed by atoms with Gasteiger partial charge >= 0.3 is 0 Å². The summed E-state index contributed by atoms with van der Waals surface area (Å²) < 4.78 is 5.90.